The molecule has 0 radical (unpaired) electrons. The smallest absolute Gasteiger partial charge is 0.435 e. The van der Waals surface area contributed by atoms with Gasteiger partial charge in [-0.2, -0.15) is 9.78 Å². The molecule has 2 N–H and O–H groups in total. The highest BCUT2D eigenvalue weighted by atomic mass is 16.6. The molecule has 1 heterocycles. The number of aryl methyl sites for hydroxylation is 1. The van der Waals surface area contributed by atoms with Crippen LogP contribution in [-0.4, -0.2) is 66.6 Å². The summed E-state index contributed by atoms with van der Waals surface area (Å²) < 4.78 is 23.2. The third kappa shape index (κ3) is 6.86. The summed E-state index contributed by atoms with van der Waals surface area (Å²) in [6, 6.07) is 11.2. The Bertz CT molecular complexity index is 1150. The molecule has 0 aliphatic carbocycles. The summed E-state index contributed by atoms with van der Waals surface area (Å²) in [5.41, 5.74) is 1.71. The number of hydrogen-bond donors (Lipinski definition) is 2. The Morgan fingerprint density at radius 1 is 1.11 bits per heavy atom. The Morgan fingerprint density at radius 2 is 1.86 bits per heavy atom. The number of carbonyl (C=O) groups excluding carboxylic acids is 1. The predicted molar refractivity (Wildman–Crippen MR) is 134 cm³/mol. The molecule has 0 saturated heterocycles. The highest BCUT2D eigenvalue weighted by Gasteiger charge is 2.22. The maximum atomic E-state index is 12.6. The number of aliphatic hydroxyl groups is 1. The van der Waals surface area contributed by atoms with Gasteiger partial charge in [0.05, 0.1) is 30.8 Å². The molecule has 9 heteroatoms. The topological polar surface area (TPSA) is 104 Å². The maximum absolute atomic E-state index is 12.6. The number of rotatable bonds is 10. The van der Waals surface area contributed by atoms with Crippen LogP contribution < -0.4 is 19.5 Å². The van der Waals surface area contributed by atoms with E-state index in [-0.39, 0.29) is 6.61 Å². The molecule has 1 atom stereocenters. The minimum atomic E-state index is -0.711. The predicted octanol–water partition coefficient (Wildman–Crippen LogP) is 3.72. The van der Waals surface area contributed by atoms with E-state index in [1.807, 2.05) is 25.1 Å². The number of nitrogens with zero attached hydrogens (tertiary/aromatic N) is 2. The van der Waals surface area contributed by atoms with E-state index in [1.165, 1.54) is 4.68 Å². The van der Waals surface area contributed by atoms with E-state index in [0.29, 0.717) is 46.9 Å². The molecular weight excluding hydrogens is 450 g/mol. The van der Waals surface area contributed by atoms with Gasteiger partial charge in [-0.15, -0.1) is 0 Å². The fourth-order valence-corrected chi connectivity index (χ4v) is 3.66. The summed E-state index contributed by atoms with van der Waals surface area (Å²) in [5.74, 6) is 1.94. The van der Waals surface area contributed by atoms with Gasteiger partial charge in [0.25, 0.3) is 0 Å². The van der Waals surface area contributed by atoms with Crippen molar-refractivity contribution < 1.29 is 28.8 Å². The van der Waals surface area contributed by atoms with E-state index >= 15 is 0 Å². The zero-order valence-electron chi connectivity index (χ0n) is 21.3. The van der Waals surface area contributed by atoms with E-state index in [2.05, 4.69) is 10.4 Å². The van der Waals surface area contributed by atoms with Crippen LogP contribution in [0, 0.1) is 6.92 Å². The van der Waals surface area contributed by atoms with Gasteiger partial charge < -0.3 is 29.4 Å². The number of nitrogens with one attached hydrogen (secondary N) is 1. The van der Waals surface area contributed by atoms with Gasteiger partial charge in [0, 0.05) is 6.54 Å². The van der Waals surface area contributed by atoms with Crippen molar-refractivity contribution in [3.8, 4) is 17.2 Å². The van der Waals surface area contributed by atoms with Crippen LogP contribution in [0.4, 0.5) is 4.79 Å². The Kier molecular flexibility index (Phi) is 8.58. The first-order chi connectivity index (χ1) is 16.6. The molecule has 0 amide bonds. The summed E-state index contributed by atoms with van der Waals surface area (Å²) in [5, 5.41) is 18.7. The standard InChI is InChI=1S/C26H35N3O6/c1-17-24-20(29(28-17)25(31)35-26(2,3)4)8-7-9-22(24)34-16-19(30)15-27-13-12-18-10-11-21(32-5)23(14-18)33-6/h7-11,14,19,27,30H,12-13,15-16H2,1-6H3/t19-/m0/s1. The first-order valence-electron chi connectivity index (χ1n) is 11.6. The molecule has 0 spiro atoms. The number of hydrogen-bond acceptors (Lipinski definition) is 8. The Balaban J connectivity index is 1.54. The number of benzene rings is 2. The van der Waals surface area contributed by atoms with Crippen molar-refractivity contribution in [2.45, 2.75) is 45.8 Å². The second-order valence-electron chi connectivity index (χ2n) is 9.24. The van der Waals surface area contributed by atoms with Crippen LogP contribution in [0.25, 0.3) is 10.9 Å². The molecule has 0 unspecified atom stereocenters. The quantitative estimate of drug-likeness (QED) is 0.419. The van der Waals surface area contributed by atoms with E-state index < -0.39 is 17.8 Å². The van der Waals surface area contributed by atoms with Gasteiger partial charge >= 0.3 is 6.09 Å². The first kappa shape index (κ1) is 26.3. The highest BCUT2D eigenvalue weighted by molar-refractivity contribution is 5.93. The monoisotopic (exact) mass is 485 g/mol. The molecule has 0 bridgehead atoms. The summed E-state index contributed by atoms with van der Waals surface area (Å²) in [6.07, 6.45) is -0.487. The average Bonchev–Trinajstić information content (AvgIpc) is 3.16. The van der Waals surface area contributed by atoms with Crippen LogP contribution in [0.1, 0.15) is 32.0 Å². The fourth-order valence-electron chi connectivity index (χ4n) is 3.66. The lowest BCUT2D eigenvalue weighted by Gasteiger charge is -2.19. The number of aliphatic hydroxyl groups excluding tert-OH is 1. The van der Waals surface area contributed by atoms with Crippen molar-refractivity contribution in [2.75, 3.05) is 33.9 Å². The number of fused-ring (bicyclic) bond motifs is 1. The SMILES string of the molecule is COc1ccc(CCNC[C@H](O)COc2cccc3c2c(C)nn3C(=O)OC(C)(C)C)cc1OC. The second kappa shape index (κ2) is 11.4. The van der Waals surface area contributed by atoms with Crippen molar-refractivity contribution >= 4 is 17.0 Å². The van der Waals surface area contributed by atoms with E-state index in [4.69, 9.17) is 18.9 Å². The summed E-state index contributed by atoms with van der Waals surface area (Å²) >= 11 is 0. The number of ether oxygens (including phenoxy) is 4. The molecule has 2 aromatic carbocycles. The van der Waals surface area contributed by atoms with Crippen molar-refractivity contribution in [3.63, 3.8) is 0 Å². The largest absolute Gasteiger partial charge is 0.493 e. The van der Waals surface area contributed by atoms with Crippen LogP contribution in [0.5, 0.6) is 17.2 Å². The Hall–Kier alpha value is -3.30. The summed E-state index contributed by atoms with van der Waals surface area (Å²) in [7, 11) is 3.22. The minimum Gasteiger partial charge on any atom is -0.493 e. The lowest BCUT2D eigenvalue weighted by molar-refractivity contribution is 0.0522. The molecule has 9 nitrogen and oxygen atoms in total. The lowest BCUT2D eigenvalue weighted by Crippen LogP contribution is -2.32. The van der Waals surface area contributed by atoms with Gasteiger partial charge in [-0.3, -0.25) is 0 Å². The average molecular weight is 486 g/mol. The van der Waals surface area contributed by atoms with Gasteiger partial charge in [-0.05, 0) is 70.5 Å². The van der Waals surface area contributed by atoms with Crippen molar-refractivity contribution in [2.24, 2.45) is 0 Å². The van der Waals surface area contributed by atoms with Crippen LogP contribution in [-0.2, 0) is 11.2 Å². The molecule has 1 aromatic heterocycles. The lowest BCUT2D eigenvalue weighted by atomic mass is 10.1. The molecule has 3 aromatic rings. The van der Waals surface area contributed by atoms with E-state index in [9.17, 15) is 9.90 Å². The highest BCUT2D eigenvalue weighted by Crippen LogP contribution is 2.29. The van der Waals surface area contributed by atoms with E-state index in [1.54, 1.807) is 53.2 Å². The Morgan fingerprint density at radius 3 is 2.54 bits per heavy atom. The molecule has 0 saturated carbocycles. The number of aromatic nitrogens is 2. The van der Waals surface area contributed by atoms with Gasteiger partial charge in [-0.1, -0.05) is 12.1 Å². The number of methoxy groups -OCH3 is 2. The molecule has 3 rings (SSSR count). The minimum absolute atomic E-state index is 0.0968. The molecular formula is C26H35N3O6. The van der Waals surface area contributed by atoms with Gasteiger partial charge in [-0.25, -0.2) is 4.79 Å². The molecule has 35 heavy (non-hydrogen) atoms. The van der Waals surface area contributed by atoms with Crippen molar-refractivity contribution in [1.29, 1.82) is 0 Å². The summed E-state index contributed by atoms with van der Waals surface area (Å²) in [6.45, 7) is 8.38. The van der Waals surface area contributed by atoms with Crippen molar-refractivity contribution in [1.82, 2.24) is 15.1 Å². The second-order valence-corrected chi connectivity index (χ2v) is 9.24. The van der Waals surface area contributed by atoms with E-state index in [0.717, 1.165) is 12.0 Å². The maximum Gasteiger partial charge on any atom is 0.435 e. The zero-order chi connectivity index (χ0) is 25.6. The number of carbonyl (C=O) groups is 1. The Labute approximate surface area is 205 Å². The molecule has 190 valence electrons. The van der Waals surface area contributed by atoms with Gasteiger partial charge in [0.2, 0.25) is 0 Å². The van der Waals surface area contributed by atoms with Crippen LogP contribution >= 0.6 is 0 Å². The van der Waals surface area contributed by atoms with Gasteiger partial charge in [0.1, 0.15) is 24.1 Å². The first-order valence-corrected chi connectivity index (χ1v) is 11.6. The molecule has 0 aliphatic heterocycles. The van der Waals surface area contributed by atoms with Crippen molar-refractivity contribution in [3.05, 3.63) is 47.7 Å². The summed E-state index contributed by atoms with van der Waals surface area (Å²) in [4.78, 5) is 12.6. The zero-order valence-corrected chi connectivity index (χ0v) is 21.3. The van der Waals surface area contributed by atoms with Crippen LogP contribution in [0.3, 0.4) is 0 Å². The van der Waals surface area contributed by atoms with Gasteiger partial charge in [0.15, 0.2) is 11.5 Å². The third-order valence-corrected chi connectivity index (χ3v) is 5.26. The molecule has 0 fully saturated rings. The molecule has 0 aliphatic rings. The van der Waals surface area contributed by atoms with Crippen LogP contribution in [0.15, 0.2) is 36.4 Å². The van der Waals surface area contributed by atoms with Crippen LogP contribution in [0.2, 0.25) is 0 Å². The fraction of sp³-hybridized carbons (Fsp3) is 0.462. The third-order valence-electron chi connectivity index (χ3n) is 5.26. The normalized spacial score (nSPS) is 12.4.